The Balaban J connectivity index is 1.18. The summed E-state index contributed by atoms with van der Waals surface area (Å²) < 4.78 is 6.25. The van der Waals surface area contributed by atoms with Crippen LogP contribution in [0.5, 0.6) is 0 Å². The number of hydrogen-bond donors (Lipinski definition) is 1. The van der Waals surface area contributed by atoms with E-state index in [9.17, 15) is 9.59 Å². The Bertz CT molecular complexity index is 1170. The standard InChI is InChI=1S/C41H68N2O3/c1-28(27-43-25-11-8-12-26-43)29-17-20-38(4)23-24-40(6)30(36(29)38)15-16-32-39(5)21-19-33(46-35(45)14-10-9-13-34(42)44)37(2,3)31(39)18-22-41(32,40)7/h29-33,36H,1,8-27H2,2-7H3,(H2,42,44)/t29-,30+,31-,32+,33-,36+,38+,39-,40+,41+/m0/s1. The van der Waals surface area contributed by atoms with Gasteiger partial charge >= 0.3 is 5.97 Å². The molecule has 10 atom stereocenters. The lowest BCUT2D eigenvalue weighted by Crippen LogP contribution is -2.66. The molecule has 46 heavy (non-hydrogen) atoms. The molecule has 5 saturated carbocycles. The predicted octanol–water partition coefficient (Wildman–Crippen LogP) is 9.09. The number of esters is 1. The summed E-state index contributed by atoms with van der Waals surface area (Å²) in [5.41, 5.74) is 8.30. The fourth-order valence-electron chi connectivity index (χ4n) is 13.9. The maximum atomic E-state index is 12.9. The van der Waals surface area contributed by atoms with E-state index in [1.807, 2.05) is 0 Å². The van der Waals surface area contributed by atoms with Crippen molar-refractivity contribution in [2.75, 3.05) is 19.6 Å². The summed E-state index contributed by atoms with van der Waals surface area (Å²) in [6.07, 6.45) is 19.1. The van der Waals surface area contributed by atoms with Crippen LogP contribution in [0.1, 0.15) is 151 Å². The molecule has 5 nitrogen and oxygen atoms in total. The first-order valence-electron chi connectivity index (χ1n) is 19.5. The molecule has 1 amide bonds. The van der Waals surface area contributed by atoms with Crippen molar-refractivity contribution < 1.29 is 14.3 Å². The number of nitrogens with two attached hydrogens (primary N) is 1. The van der Waals surface area contributed by atoms with Crippen molar-refractivity contribution in [1.82, 2.24) is 4.90 Å². The second-order valence-electron chi connectivity index (χ2n) is 19.0. The minimum absolute atomic E-state index is 0.0222. The molecule has 5 aliphatic carbocycles. The zero-order valence-corrected chi connectivity index (χ0v) is 30.6. The summed E-state index contributed by atoms with van der Waals surface area (Å²) in [6.45, 7) is 24.1. The Morgan fingerprint density at radius 1 is 0.783 bits per heavy atom. The summed E-state index contributed by atoms with van der Waals surface area (Å²) in [5.74, 6) is 3.19. The fourth-order valence-corrected chi connectivity index (χ4v) is 13.9. The smallest absolute Gasteiger partial charge is 0.306 e. The summed E-state index contributed by atoms with van der Waals surface area (Å²) in [5, 5.41) is 0. The molecule has 0 aromatic rings. The molecule has 0 aromatic carbocycles. The minimum Gasteiger partial charge on any atom is -0.462 e. The lowest BCUT2D eigenvalue weighted by atomic mass is 9.32. The average molecular weight is 637 g/mol. The summed E-state index contributed by atoms with van der Waals surface area (Å²) in [6, 6.07) is 0. The van der Waals surface area contributed by atoms with Crippen molar-refractivity contribution >= 4 is 11.9 Å². The number of ether oxygens (including phenoxy) is 1. The van der Waals surface area contributed by atoms with Crippen LogP contribution in [0, 0.1) is 56.7 Å². The Morgan fingerprint density at radius 3 is 2.22 bits per heavy atom. The number of piperidine rings is 1. The molecule has 0 radical (unpaired) electrons. The van der Waals surface area contributed by atoms with Gasteiger partial charge in [-0.2, -0.15) is 0 Å². The van der Waals surface area contributed by atoms with Gasteiger partial charge < -0.3 is 10.5 Å². The van der Waals surface area contributed by atoms with E-state index in [1.165, 1.54) is 83.7 Å². The highest BCUT2D eigenvalue weighted by Gasteiger charge is 2.70. The Morgan fingerprint density at radius 2 is 1.50 bits per heavy atom. The average Bonchev–Trinajstić information content (AvgIpc) is 3.35. The highest BCUT2D eigenvalue weighted by Crippen LogP contribution is 2.77. The molecule has 0 unspecified atom stereocenters. The van der Waals surface area contributed by atoms with E-state index < -0.39 is 0 Å². The van der Waals surface area contributed by atoms with Crippen LogP contribution in [-0.4, -0.2) is 42.5 Å². The molecule has 1 saturated heterocycles. The lowest BCUT2D eigenvalue weighted by Gasteiger charge is -2.73. The van der Waals surface area contributed by atoms with Crippen LogP contribution in [0.2, 0.25) is 0 Å². The first-order valence-corrected chi connectivity index (χ1v) is 19.5. The molecule has 6 fully saturated rings. The highest BCUT2D eigenvalue weighted by molar-refractivity contribution is 5.74. The predicted molar refractivity (Wildman–Crippen MR) is 187 cm³/mol. The number of likely N-dealkylation sites (tertiary alicyclic amines) is 1. The molecule has 1 aliphatic heterocycles. The molecular formula is C41H68N2O3. The normalized spacial score (nSPS) is 45.1. The van der Waals surface area contributed by atoms with Crippen molar-refractivity contribution in [3.63, 3.8) is 0 Å². The van der Waals surface area contributed by atoms with E-state index in [-0.39, 0.29) is 28.8 Å². The number of carbonyl (C=O) groups excluding carboxylic acids is 2. The van der Waals surface area contributed by atoms with Crippen LogP contribution in [0.15, 0.2) is 12.2 Å². The maximum Gasteiger partial charge on any atom is 0.306 e. The van der Waals surface area contributed by atoms with Crippen molar-refractivity contribution in [2.24, 2.45) is 62.4 Å². The van der Waals surface area contributed by atoms with E-state index in [4.69, 9.17) is 17.0 Å². The fraction of sp³-hybridized carbons (Fsp3) is 0.902. The third-order valence-corrected chi connectivity index (χ3v) is 16.5. The van der Waals surface area contributed by atoms with Crippen LogP contribution >= 0.6 is 0 Å². The molecule has 260 valence electrons. The summed E-state index contributed by atoms with van der Waals surface area (Å²) >= 11 is 0. The monoisotopic (exact) mass is 637 g/mol. The summed E-state index contributed by atoms with van der Waals surface area (Å²) in [7, 11) is 0. The SMILES string of the molecule is C=C(CN1CCCCC1)[C@@H]1CC[C@]2(C)CC[C@]3(C)[C@H](CC[C@@H]4[C@@]5(C)CC[C@H](OC(=O)CCCCC(N)=O)C(C)(C)[C@@H]5CC[C@]43C)[C@@H]12. The molecule has 1 heterocycles. The third-order valence-electron chi connectivity index (χ3n) is 16.5. The number of rotatable bonds is 9. The van der Waals surface area contributed by atoms with Gasteiger partial charge in [0.15, 0.2) is 0 Å². The van der Waals surface area contributed by atoms with Gasteiger partial charge in [0, 0.05) is 24.8 Å². The van der Waals surface area contributed by atoms with E-state index in [1.54, 1.807) is 5.57 Å². The number of fused-ring (bicyclic) bond motifs is 7. The van der Waals surface area contributed by atoms with Gasteiger partial charge in [-0.1, -0.05) is 60.1 Å². The van der Waals surface area contributed by atoms with Crippen molar-refractivity contribution in [3.05, 3.63) is 12.2 Å². The van der Waals surface area contributed by atoms with E-state index in [0.717, 1.165) is 37.1 Å². The van der Waals surface area contributed by atoms with Crippen LogP contribution in [0.4, 0.5) is 0 Å². The van der Waals surface area contributed by atoms with Crippen molar-refractivity contribution in [2.45, 2.75) is 157 Å². The molecular weight excluding hydrogens is 568 g/mol. The maximum absolute atomic E-state index is 12.9. The number of carbonyl (C=O) groups is 2. The van der Waals surface area contributed by atoms with E-state index >= 15 is 0 Å². The van der Waals surface area contributed by atoms with Gasteiger partial charge in [-0.25, -0.2) is 0 Å². The third kappa shape index (κ3) is 5.63. The van der Waals surface area contributed by atoms with Gasteiger partial charge in [0.05, 0.1) is 0 Å². The molecule has 0 aromatic heterocycles. The second kappa shape index (κ2) is 12.5. The lowest BCUT2D eigenvalue weighted by molar-refractivity contribution is -0.249. The van der Waals surface area contributed by atoms with Gasteiger partial charge in [0.1, 0.15) is 6.10 Å². The highest BCUT2D eigenvalue weighted by atomic mass is 16.5. The van der Waals surface area contributed by atoms with Crippen LogP contribution in [0.3, 0.4) is 0 Å². The van der Waals surface area contributed by atoms with E-state index in [0.29, 0.717) is 53.8 Å². The number of nitrogens with zero attached hydrogens (tertiary/aromatic N) is 1. The van der Waals surface area contributed by atoms with Gasteiger partial charge in [-0.05, 0) is 154 Å². The quantitative estimate of drug-likeness (QED) is 0.156. The van der Waals surface area contributed by atoms with Crippen molar-refractivity contribution in [1.29, 1.82) is 0 Å². The number of primary amides is 1. The van der Waals surface area contributed by atoms with Crippen LogP contribution < -0.4 is 5.73 Å². The van der Waals surface area contributed by atoms with Crippen LogP contribution in [0.25, 0.3) is 0 Å². The molecule has 0 bridgehead atoms. The summed E-state index contributed by atoms with van der Waals surface area (Å²) in [4.78, 5) is 26.7. The largest absolute Gasteiger partial charge is 0.462 e. The van der Waals surface area contributed by atoms with Crippen molar-refractivity contribution in [3.8, 4) is 0 Å². The number of hydrogen-bond acceptors (Lipinski definition) is 4. The molecule has 6 rings (SSSR count). The molecule has 5 heteroatoms. The molecule has 0 spiro atoms. The molecule has 6 aliphatic rings. The Hall–Kier alpha value is -1.36. The first-order chi connectivity index (χ1) is 21.7. The zero-order chi connectivity index (χ0) is 33.1. The van der Waals surface area contributed by atoms with E-state index in [2.05, 4.69) is 46.4 Å². The number of amides is 1. The number of unbranched alkanes of at least 4 members (excludes halogenated alkanes) is 1. The zero-order valence-electron chi connectivity index (χ0n) is 30.6. The first kappa shape index (κ1) is 34.5. The Labute approximate surface area is 281 Å². The second-order valence-corrected chi connectivity index (χ2v) is 19.0. The van der Waals surface area contributed by atoms with Gasteiger partial charge in [-0.3, -0.25) is 14.5 Å². The molecule has 2 N–H and O–H groups in total. The van der Waals surface area contributed by atoms with Gasteiger partial charge in [0.25, 0.3) is 0 Å². The van der Waals surface area contributed by atoms with Crippen LogP contribution in [-0.2, 0) is 14.3 Å². The minimum atomic E-state index is -0.295. The van der Waals surface area contributed by atoms with Gasteiger partial charge in [-0.15, -0.1) is 0 Å². The topological polar surface area (TPSA) is 72.6 Å². The van der Waals surface area contributed by atoms with Gasteiger partial charge in [0.2, 0.25) is 5.91 Å². The Kier molecular flexibility index (Phi) is 9.38.